The average molecular weight is 364 g/mol. The van der Waals surface area contributed by atoms with Crippen LogP contribution in [-0.4, -0.2) is 19.0 Å². The van der Waals surface area contributed by atoms with Gasteiger partial charge in [0.1, 0.15) is 11.6 Å². The van der Waals surface area contributed by atoms with Crippen LogP contribution in [0.3, 0.4) is 0 Å². The van der Waals surface area contributed by atoms with Crippen LogP contribution in [0.5, 0.6) is 5.75 Å². The van der Waals surface area contributed by atoms with Crippen LogP contribution in [0.15, 0.2) is 66.7 Å². The van der Waals surface area contributed by atoms with Gasteiger partial charge in [0, 0.05) is 6.07 Å². The number of carbonyl (C=O) groups excluding carboxylic acids is 2. The monoisotopic (exact) mass is 364 g/mol. The number of methoxy groups -OCH3 is 1. The van der Waals surface area contributed by atoms with Crippen molar-refractivity contribution in [2.75, 3.05) is 7.11 Å². The first-order valence-electron chi connectivity index (χ1n) is 8.25. The van der Waals surface area contributed by atoms with E-state index in [4.69, 9.17) is 4.74 Å². The highest BCUT2D eigenvalue weighted by molar-refractivity contribution is 5.92. The van der Waals surface area contributed by atoms with Crippen molar-refractivity contribution in [1.29, 1.82) is 0 Å². The maximum atomic E-state index is 13.9. The van der Waals surface area contributed by atoms with E-state index < -0.39 is 17.8 Å². The summed E-state index contributed by atoms with van der Waals surface area (Å²) in [4.78, 5) is 23.6. The zero-order valence-electron chi connectivity index (χ0n) is 14.9. The van der Waals surface area contributed by atoms with E-state index in [0.717, 1.165) is 24.3 Å². The minimum atomic E-state index is -0.818. The third kappa shape index (κ3) is 4.20. The molecule has 3 aromatic carbocycles. The number of benzene rings is 3. The van der Waals surface area contributed by atoms with Crippen LogP contribution in [-0.2, 0) is 4.74 Å². The second kappa shape index (κ2) is 7.83. The molecule has 3 aromatic rings. The van der Waals surface area contributed by atoms with Gasteiger partial charge in [0.05, 0.1) is 18.2 Å². The second-order valence-electron chi connectivity index (χ2n) is 5.97. The Hall–Kier alpha value is -3.47. The predicted octanol–water partition coefficient (Wildman–Crippen LogP) is 4.81. The molecule has 0 aromatic heterocycles. The Morgan fingerprint density at radius 1 is 0.815 bits per heavy atom. The SMILES string of the molecule is COC(=O)c1ccc(OC(=O)c2ccc(-c3ccc(C)cc3)cc2)cc1F. The molecule has 0 aliphatic carbocycles. The maximum absolute atomic E-state index is 13.9. The first kappa shape index (κ1) is 18.3. The molecule has 0 aliphatic rings. The Morgan fingerprint density at radius 3 is 1.96 bits per heavy atom. The van der Waals surface area contributed by atoms with E-state index >= 15 is 0 Å². The molecule has 0 spiro atoms. The van der Waals surface area contributed by atoms with E-state index in [9.17, 15) is 14.0 Å². The van der Waals surface area contributed by atoms with Crippen LogP contribution in [0.2, 0.25) is 0 Å². The largest absolute Gasteiger partial charge is 0.465 e. The molecule has 0 bridgehead atoms. The molecule has 0 atom stereocenters. The first-order valence-corrected chi connectivity index (χ1v) is 8.25. The number of rotatable bonds is 4. The summed E-state index contributed by atoms with van der Waals surface area (Å²) in [6, 6.07) is 18.5. The van der Waals surface area contributed by atoms with Crippen LogP contribution in [0.4, 0.5) is 4.39 Å². The Morgan fingerprint density at radius 2 is 1.41 bits per heavy atom. The summed E-state index contributed by atoms with van der Waals surface area (Å²) in [6.45, 7) is 2.02. The fourth-order valence-electron chi connectivity index (χ4n) is 2.55. The van der Waals surface area contributed by atoms with Gasteiger partial charge in [0.25, 0.3) is 0 Å². The molecule has 5 heteroatoms. The molecule has 0 saturated heterocycles. The standard InChI is InChI=1S/C22H17FO4/c1-14-3-5-15(6-4-14)16-7-9-17(10-8-16)21(24)27-18-11-12-19(20(23)13-18)22(25)26-2/h3-13H,1-2H3. The van der Waals surface area contributed by atoms with E-state index in [0.29, 0.717) is 5.56 Å². The lowest BCUT2D eigenvalue weighted by Crippen LogP contribution is -2.10. The molecule has 4 nitrogen and oxygen atoms in total. The molecule has 0 saturated carbocycles. The summed E-state index contributed by atoms with van der Waals surface area (Å²) >= 11 is 0. The third-order valence-electron chi connectivity index (χ3n) is 4.06. The smallest absolute Gasteiger partial charge is 0.343 e. The van der Waals surface area contributed by atoms with Gasteiger partial charge in [-0.15, -0.1) is 0 Å². The number of hydrogen-bond donors (Lipinski definition) is 0. The molecular formula is C22H17FO4. The Bertz CT molecular complexity index is 976. The van der Waals surface area contributed by atoms with E-state index in [1.165, 1.54) is 17.7 Å². The quantitative estimate of drug-likeness (QED) is 0.493. The molecule has 27 heavy (non-hydrogen) atoms. The summed E-state index contributed by atoms with van der Waals surface area (Å²) in [6.07, 6.45) is 0. The normalized spacial score (nSPS) is 10.3. The fourth-order valence-corrected chi connectivity index (χ4v) is 2.55. The zero-order chi connectivity index (χ0) is 19.4. The van der Waals surface area contributed by atoms with Gasteiger partial charge in [-0.25, -0.2) is 14.0 Å². The fraction of sp³-hybridized carbons (Fsp3) is 0.0909. The molecule has 0 unspecified atom stereocenters. The number of aryl methyl sites for hydroxylation is 1. The van der Waals surface area contributed by atoms with E-state index in [-0.39, 0.29) is 11.3 Å². The summed E-state index contributed by atoms with van der Waals surface area (Å²) < 4.78 is 23.6. The second-order valence-corrected chi connectivity index (χ2v) is 5.97. The number of hydrogen-bond acceptors (Lipinski definition) is 4. The molecule has 0 amide bonds. The van der Waals surface area contributed by atoms with Crippen molar-refractivity contribution in [1.82, 2.24) is 0 Å². The number of carbonyl (C=O) groups is 2. The highest BCUT2D eigenvalue weighted by Crippen LogP contribution is 2.22. The van der Waals surface area contributed by atoms with Crippen molar-refractivity contribution >= 4 is 11.9 Å². The van der Waals surface area contributed by atoms with Gasteiger partial charge in [-0.3, -0.25) is 0 Å². The van der Waals surface area contributed by atoms with Crippen LogP contribution in [0.25, 0.3) is 11.1 Å². The Balaban J connectivity index is 1.74. The van der Waals surface area contributed by atoms with Crippen molar-refractivity contribution in [3.8, 4) is 16.9 Å². The van der Waals surface area contributed by atoms with Crippen LogP contribution in [0.1, 0.15) is 26.3 Å². The van der Waals surface area contributed by atoms with E-state index in [2.05, 4.69) is 4.74 Å². The Kier molecular flexibility index (Phi) is 5.31. The average Bonchev–Trinajstić information content (AvgIpc) is 2.68. The summed E-state index contributed by atoms with van der Waals surface area (Å²) in [7, 11) is 1.16. The van der Waals surface area contributed by atoms with Crippen LogP contribution in [0, 0.1) is 12.7 Å². The lowest BCUT2D eigenvalue weighted by atomic mass is 10.0. The Labute approximate surface area is 156 Å². The summed E-state index contributed by atoms with van der Waals surface area (Å²) in [5.41, 5.74) is 3.30. The van der Waals surface area contributed by atoms with Crippen molar-refractivity contribution in [2.24, 2.45) is 0 Å². The highest BCUT2D eigenvalue weighted by atomic mass is 19.1. The molecule has 136 valence electrons. The summed E-state index contributed by atoms with van der Waals surface area (Å²) in [5.74, 6) is -2.22. The molecule has 0 N–H and O–H groups in total. The molecule has 0 heterocycles. The van der Waals surface area contributed by atoms with E-state index in [1.54, 1.807) is 12.1 Å². The third-order valence-corrected chi connectivity index (χ3v) is 4.06. The summed E-state index contributed by atoms with van der Waals surface area (Å²) in [5, 5.41) is 0. The van der Waals surface area contributed by atoms with Gasteiger partial charge in [0.15, 0.2) is 0 Å². The lowest BCUT2D eigenvalue weighted by molar-refractivity contribution is 0.0595. The van der Waals surface area contributed by atoms with Gasteiger partial charge in [-0.1, -0.05) is 42.0 Å². The van der Waals surface area contributed by atoms with Crippen molar-refractivity contribution in [3.05, 3.63) is 89.2 Å². The van der Waals surface area contributed by atoms with Gasteiger partial charge >= 0.3 is 11.9 Å². The molecule has 0 aliphatic heterocycles. The topological polar surface area (TPSA) is 52.6 Å². The molecular weight excluding hydrogens is 347 g/mol. The minimum absolute atomic E-state index is 0.00719. The minimum Gasteiger partial charge on any atom is -0.465 e. The zero-order valence-corrected chi connectivity index (χ0v) is 14.9. The number of halogens is 1. The molecule has 0 fully saturated rings. The van der Waals surface area contributed by atoms with Crippen molar-refractivity contribution < 1.29 is 23.5 Å². The van der Waals surface area contributed by atoms with Gasteiger partial charge in [0.2, 0.25) is 0 Å². The van der Waals surface area contributed by atoms with E-state index in [1.807, 2.05) is 43.3 Å². The van der Waals surface area contributed by atoms with Gasteiger partial charge in [-0.2, -0.15) is 0 Å². The maximum Gasteiger partial charge on any atom is 0.343 e. The van der Waals surface area contributed by atoms with Gasteiger partial charge in [-0.05, 0) is 42.3 Å². The molecule has 3 rings (SSSR count). The first-order chi connectivity index (χ1) is 13.0. The predicted molar refractivity (Wildman–Crippen MR) is 99.3 cm³/mol. The lowest BCUT2D eigenvalue weighted by Gasteiger charge is -2.07. The van der Waals surface area contributed by atoms with Gasteiger partial charge < -0.3 is 9.47 Å². The number of esters is 2. The van der Waals surface area contributed by atoms with Crippen LogP contribution < -0.4 is 4.74 Å². The number of ether oxygens (including phenoxy) is 2. The van der Waals surface area contributed by atoms with Crippen LogP contribution >= 0.6 is 0 Å². The molecule has 0 radical (unpaired) electrons. The van der Waals surface area contributed by atoms with Crippen molar-refractivity contribution in [3.63, 3.8) is 0 Å². The van der Waals surface area contributed by atoms with Crippen molar-refractivity contribution in [2.45, 2.75) is 6.92 Å². The highest BCUT2D eigenvalue weighted by Gasteiger charge is 2.15.